The highest BCUT2D eigenvalue weighted by Crippen LogP contribution is 2.31. The lowest BCUT2D eigenvalue weighted by molar-refractivity contribution is -0.134. The minimum absolute atomic E-state index is 0.0207. The average Bonchev–Trinajstić information content (AvgIpc) is 3.58. The van der Waals surface area contributed by atoms with E-state index in [9.17, 15) is 14.0 Å². The molecular formula is C25H27FN6O2. The third kappa shape index (κ3) is 3.51. The summed E-state index contributed by atoms with van der Waals surface area (Å²) >= 11 is 0. The van der Waals surface area contributed by atoms with Crippen molar-refractivity contribution in [2.45, 2.75) is 18.9 Å². The molecule has 0 spiro atoms. The summed E-state index contributed by atoms with van der Waals surface area (Å²) in [6.07, 6.45) is 4.01. The molecule has 0 saturated carbocycles. The number of halogens is 1. The number of aromatic nitrogens is 2. The van der Waals surface area contributed by atoms with Crippen molar-refractivity contribution in [3.05, 3.63) is 54.5 Å². The van der Waals surface area contributed by atoms with Crippen LogP contribution in [0, 0.1) is 5.82 Å². The van der Waals surface area contributed by atoms with Crippen molar-refractivity contribution in [3.8, 4) is 5.69 Å². The number of para-hydroxylation sites is 1. The second-order valence-electron chi connectivity index (χ2n) is 9.25. The molecule has 3 aliphatic heterocycles. The molecule has 3 aromatic rings. The first-order chi connectivity index (χ1) is 16.6. The zero-order valence-electron chi connectivity index (χ0n) is 18.9. The van der Waals surface area contributed by atoms with Crippen LogP contribution in [0.1, 0.15) is 12.8 Å². The smallest absolute Gasteiger partial charge is 0.325 e. The Balaban J connectivity index is 1.20. The Morgan fingerprint density at radius 1 is 1.00 bits per heavy atom. The van der Waals surface area contributed by atoms with Crippen LogP contribution in [0.5, 0.6) is 0 Å². The first kappa shape index (κ1) is 21.1. The van der Waals surface area contributed by atoms with Crippen LogP contribution in [0.15, 0.2) is 48.7 Å². The third-order valence-corrected chi connectivity index (χ3v) is 7.32. The fourth-order valence-corrected chi connectivity index (χ4v) is 5.52. The normalized spacial score (nSPS) is 21.0. The summed E-state index contributed by atoms with van der Waals surface area (Å²) in [5.41, 5.74) is 1.80. The van der Waals surface area contributed by atoms with Crippen LogP contribution in [-0.4, -0.2) is 88.3 Å². The summed E-state index contributed by atoms with van der Waals surface area (Å²) in [6.45, 7) is 4.63. The van der Waals surface area contributed by atoms with Crippen molar-refractivity contribution in [2.24, 2.45) is 0 Å². The quantitative estimate of drug-likeness (QED) is 0.598. The highest BCUT2D eigenvalue weighted by atomic mass is 19.1. The standard InChI is InChI=1S/C25H27FN6O2/c26-20-6-1-2-7-23(20)32-22-9-3-8-21(19(22)15-27-32)31-14-13-30(25(31)34)17-24(33)29-12-11-28-10-4-5-18(28)16-29/h1-3,6-9,15,18H,4-5,10-14,16-17H2. The first-order valence-corrected chi connectivity index (χ1v) is 11.9. The van der Waals surface area contributed by atoms with Crippen molar-refractivity contribution in [2.75, 3.05) is 50.7 Å². The molecule has 8 nitrogen and oxygen atoms in total. The van der Waals surface area contributed by atoms with E-state index in [1.165, 1.54) is 12.5 Å². The third-order valence-electron chi connectivity index (χ3n) is 7.32. The van der Waals surface area contributed by atoms with Crippen LogP contribution in [-0.2, 0) is 4.79 Å². The molecule has 0 radical (unpaired) electrons. The first-order valence-electron chi connectivity index (χ1n) is 11.9. The van der Waals surface area contributed by atoms with Crippen LogP contribution in [0.25, 0.3) is 16.6 Å². The van der Waals surface area contributed by atoms with E-state index < -0.39 is 0 Å². The maximum Gasteiger partial charge on any atom is 0.325 e. The molecule has 2 aromatic carbocycles. The van der Waals surface area contributed by atoms with Crippen LogP contribution in [0.2, 0.25) is 0 Å². The summed E-state index contributed by atoms with van der Waals surface area (Å²) in [7, 11) is 0. The Bertz CT molecular complexity index is 1260. The molecule has 176 valence electrons. The fourth-order valence-electron chi connectivity index (χ4n) is 5.52. The van der Waals surface area contributed by atoms with Gasteiger partial charge >= 0.3 is 6.03 Å². The van der Waals surface area contributed by atoms with Gasteiger partial charge in [0, 0.05) is 44.2 Å². The van der Waals surface area contributed by atoms with Gasteiger partial charge in [0.1, 0.15) is 18.0 Å². The Hall–Kier alpha value is -3.46. The molecule has 6 rings (SSSR count). The Labute approximate surface area is 197 Å². The molecule has 3 saturated heterocycles. The molecule has 34 heavy (non-hydrogen) atoms. The number of hydrogen-bond donors (Lipinski definition) is 0. The van der Waals surface area contributed by atoms with Crippen LogP contribution in [0.3, 0.4) is 0 Å². The number of amides is 3. The molecule has 3 amide bonds. The van der Waals surface area contributed by atoms with Gasteiger partial charge < -0.3 is 9.80 Å². The minimum atomic E-state index is -0.363. The molecule has 0 N–H and O–H groups in total. The van der Waals surface area contributed by atoms with E-state index in [0.717, 1.165) is 49.2 Å². The van der Waals surface area contributed by atoms with Gasteiger partial charge in [-0.3, -0.25) is 14.6 Å². The molecule has 9 heteroatoms. The molecule has 1 unspecified atom stereocenters. The molecule has 4 heterocycles. The Morgan fingerprint density at radius 2 is 1.85 bits per heavy atom. The number of carbonyl (C=O) groups excluding carboxylic acids is 2. The summed E-state index contributed by atoms with van der Waals surface area (Å²) in [6, 6.07) is 12.3. The monoisotopic (exact) mass is 462 g/mol. The van der Waals surface area contributed by atoms with Crippen molar-refractivity contribution >= 4 is 28.5 Å². The molecule has 3 aliphatic rings. The predicted molar refractivity (Wildman–Crippen MR) is 127 cm³/mol. The molecule has 3 fully saturated rings. The number of fused-ring (bicyclic) bond motifs is 2. The maximum atomic E-state index is 14.4. The fraction of sp³-hybridized carbons (Fsp3) is 0.400. The lowest BCUT2D eigenvalue weighted by Crippen LogP contribution is -2.54. The zero-order valence-corrected chi connectivity index (χ0v) is 18.9. The summed E-state index contributed by atoms with van der Waals surface area (Å²) in [5.74, 6) is -0.342. The summed E-state index contributed by atoms with van der Waals surface area (Å²) in [5, 5.41) is 5.17. The van der Waals surface area contributed by atoms with Gasteiger partial charge in [-0.25, -0.2) is 13.9 Å². The van der Waals surface area contributed by atoms with Crippen molar-refractivity contribution in [1.82, 2.24) is 24.5 Å². The number of urea groups is 1. The highest BCUT2D eigenvalue weighted by Gasteiger charge is 2.36. The number of nitrogens with zero attached hydrogens (tertiary/aromatic N) is 6. The largest absolute Gasteiger partial charge is 0.338 e. The van der Waals surface area contributed by atoms with Crippen LogP contribution < -0.4 is 4.90 Å². The lowest BCUT2D eigenvalue weighted by Gasteiger charge is -2.38. The minimum Gasteiger partial charge on any atom is -0.338 e. The van der Waals surface area contributed by atoms with Crippen LogP contribution >= 0.6 is 0 Å². The van der Waals surface area contributed by atoms with Crippen molar-refractivity contribution in [3.63, 3.8) is 0 Å². The van der Waals surface area contributed by atoms with Gasteiger partial charge in [-0.05, 0) is 43.7 Å². The van der Waals surface area contributed by atoms with Crippen molar-refractivity contribution in [1.29, 1.82) is 0 Å². The molecule has 1 atom stereocenters. The number of benzene rings is 2. The molecular weight excluding hydrogens is 435 g/mol. The summed E-state index contributed by atoms with van der Waals surface area (Å²) in [4.78, 5) is 34.0. The van der Waals surface area contributed by atoms with Gasteiger partial charge in [0.2, 0.25) is 5.91 Å². The second kappa shape index (κ2) is 8.39. The number of hydrogen-bond acceptors (Lipinski definition) is 4. The van der Waals surface area contributed by atoms with E-state index in [4.69, 9.17) is 0 Å². The van der Waals surface area contributed by atoms with E-state index in [2.05, 4.69) is 10.00 Å². The zero-order chi connectivity index (χ0) is 23.2. The van der Waals surface area contributed by atoms with Gasteiger partial charge in [-0.2, -0.15) is 5.10 Å². The number of rotatable bonds is 4. The molecule has 0 bridgehead atoms. The van der Waals surface area contributed by atoms with E-state index >= 15 is 0 Å². The number of carbonyl (C=O) groups is 2. The van der Waals surface area contributed by atoms with Crippen LogP contribution in [0.4, 0.5) is 14.9 Å². The van der Waals surface area contributed by atoms with Gasteiger partial charge in [0.25, 0.3) is 0 Å². The summed E-state index contributed by atoms with van der Waals surface area (Å²) < 4.78 is 15.9. The van der Waals surface area contributed by atoms with Gasteiger partial charge in [0.05, 0.1) is 17.4 Å². The van der Waals surface area contributed by atoms with Crippen molar-refractivity contribution < 1.29 is 14.0 Å². The number of anilines is 1. The van der Waals surface area contributed by atoms with Gasteiger partial charge in [-0.15, -0.1) is 0 Å². The predicted octanol–water partition coefficient (Wildman–Crippen LogP) is 2.71. The number of piperazine rings is 1. The SMILES string of the molecule is O=C(CN1CCN(c2cccc3c2cnn3-c2ccccc2F)C1=O)N1CCN2CCCC2C1. The topological polar surface area (TPSA) is 64.9 Å². The van der Waals surface area contributed by atoms with E-state index in [1.807, 2.05) is 23.1 Å². The van der Waals surface area contributed by atoms with E-state index in [1.54, 1.807) is 38.9 Å². The molecule has 0 aliphatic carbocycles. The highest BCUT2D eigenvalue weighted by molar-refractivity contribution is 6.04. The Kier molecular flexibility index (Phi) is 5.21. The average molecular weight is 463 g/mol. The Morgan fingerprint density at radius 3 is 2.74 bits per heavy atom. The van der Waals surface area contributed by atoms with E-state index in [-0.39, 0.29) is 24.3 Å². The van der Waals surface area contributed by atoms with E-state index in [0.29, 0.717) is 24.8 Å². The second-order valence-corrected chi connectivity index (χ2v) is 9.25. The lowest BCUT2D eigenvalue weighted by atomic mass is 10.1. The van der Waals surface area contributed by atoms with Gasteiger partial charge in [-0.1, -0.05) is 18.2 Å². The maximum absolute atomic E-state index is 14.4. The van der Waals surface area contributed by atoms with Gasteiger partial charge in [0.15, 0.2) is 0 Å². The molecule has 1 aromatic heterocycles.